The number of ketones is 1. The van der Waals surface area contributed by atoms with Crippen molar-refractivity contribution in [2.45, 2.75) is 44.5 Å². The second-order valence-corrected chi connectivity index (χ2v) is 11.6. The molecule has 9 nitrogen and oxygen atoms in total. The molecule has 2 atom stereocenters. The van der Waals surface area contributed by atoms with Crippen LogP contribution in [0.15, 0.2) is 48.8 Å². The molecule has 0 bridgehead atoms. The molecule has 1 aromatic heterocycles. The van der Waals surface area contributed by atoms with E-state index in [1.807, 2.05) is 0 Å². The number of Topliss-reactive ketones (excluding diaryl/α,β-unsaturated/α-hetero) is 1. The van der Waals surface area contributed by atoms with Crippen LogP contribution in [0.5, 0.6) is 17.2 Å². The fourth-order valence-electron chi connectivity index (χ4n) is 4.88. The predicted octanol–water partition coefficient (Wildman–Crippen LogP) is 6.03. The number of benzene rings is 2. The number of aromatic nitrogens is 1. The van der Waals surface area contributed by atoms with E-state index in [0.29, 0.717) is 54.7 Å². The second kappa shape index (κ2) is 15.2. The fourth-order valence-corrected chi connectivity index (χ4v) is 5.40. The van der Waals surface area contributed by atoms with Crippen LogP contribution in [0.1, 0.15) is 46.0 Å². The Bertz CT molecular complexity index is 1500. The Kier molecular flexibility index (Phi) is 11.1. The maximum absolute atomic E-state index is 13.6. The van der Waals surface area contributed by atoms with Gasteiger partial charge in [-0.05, 0) is 60.2 Å². The molecule has 2 aromatic carbocycles. The molecule has 5 rings (SSSR count). The minimum absolute atomic E-state index is 0.0183. The van der Waals surface area contributed by atoms with Gasteiger partial charge in [-0.15, -0.1) is 0 Å². The normalized spacial score (nSPS) is 17.1. The monoisotopic (exact) mass is 664 g/mol. The summed E-state index contributed by atoms with van der Waals surface area (Å²) >= 11 is 12.8. The van der Waals surface area contributed by atoms with Crippen LogP contribution < -0.4 is 19.5 Å². The summed E-state index contributed by atoms with van der Waals surface area (Å²) < 4.78 is 53.9. The van der Waals surface area contributed by atoms with Gasteiger partial charge < -0.3 is 29.0 Å². The minimum atomic E-state index is -3.06. The van der Waals surface area contributed by atoms with Gasteiger partial charge in [0.05, 0.1) is 35.9 Å². The summed E-state index contributed by atoms with van der Waals surface area (Å²) in [5.41, 5.74) is 1.57. The number of ether oxygens (including phenoxy) is 5. The van der Waals surface area contributed by atoms with E-state index in [1.54, 1.807) is 12.1 Å². The summed E-state index contributed by atoms with van der Waals surface area (Å²) in [7, 11) is 1.47. The lowest BCUT2D eigenvalue weighted by Gasteiger charge is -2.23. The van der Waals surface area contributed by atoms with Gasteiger partial charge in [-0.2, -0.15) is 8.78 Å². The number of esters is 1. The third-order valence-corrected chi connectivity index (χ3v) is 8.14. The first kappa shape index (κ1) is 32.9. The number of nitrogens with zero attached hydrogens (tertiary/aromatic N) is 1. The van der Waals surface area contributed by atoms with E-state index in [-0.39, 0.29) is 45.7 Å². The average molecular weight is 666 g/mol. The van der Waals surface area contributed by atoms with Gasteiger partial charge in [-0.1, -0.05) is 29.3 Å². The molecule has 0 radical (unpaired) electrons. The number of methoxy groups -OCH3 is 1. The van der Waals surface area contributed by atoms with Crippen molar-refractivity contribution in [2.75, 3.05) is 33.4 Å². The fraction of sp³-hybridized carbons (Fsp3) is 0.406. The van der Waals surface area contributed by atoms with Crippen molar-refractivity contribution in [3.63, 3.8) is 0 Å². The zero-order chi connectivity index (χ0) is 31.9. The number of hydrogen-bond donors (Lipinski definition) is 1. The molecule has 13 heteroatoms. The number of rotatable bonds is 14. The molecule has 1 N–H and O–H groups in total. The van der Waals surface area contributed by atoms with Crippen LogP contribution >= 0.6 is 23.2 Å². The summed E-state index contributed by atoms with van der Waals surface area (Å²) in [6, 6.07) is 9.03. The van der Waals surface area contributed by atoms with Crippen molar-refractivity contribution in [1.82, 2.24) is 10.3 Å². The van der Waals surface area contributed by atoms with E-state index in [0.717, 1.165) is 12.8 Å². The van der Waals surface area contributed by atoms with E-state index < -0.39 is 24.8 Å². The van der Waals surface area contributed by atoms with Gasteiger partial charge in [0.15, 0.2) is 17.3 Å². The molecular weight excluding hydrogens is 633 g/mol. The summed E-state index contributed by atoms with van der Waals surface area (Å²) in [5, 5.41) is 3.65. The molecule has 0 spiro atoms. The van der Waals surface area contributed by atoms with Gasteiger partial charge in [-0.3, -0.25) is 9.78 Å². The van der Waals surface area contributed by atoms with Crippen molar-refractivity contribution in [2.24, 2.45) is 5.92 Å². The standard InChI is InChI=1S/C32H32Cl2F2N2O7/c1-41-26-6-5-20(10-21(26)11-25(39)30-16-37-8-9-42-30)31(40)44-28(13-22-23(33)14-38-15-24(22)34)19-4-7-27(45-32(35)36)29(12-19)43-17-18-2-3-18/h4-7,10,12,14-15,18,28,30,32,37H,2-3,8-9,11,13,16-17H2,1H3/t28-,30?/m0/s1. The molecule has 2 heterocycles. The number of nitrogens with one attached hydrogen (secondary N) is 1. The Morgan fingerprint density at radius 1 is 1.07 bits per heavy atom. The van der Waals surface area contributed by atoms with Gasteiger partial charge in [0, 0.05) is 43.9 Å². The highest BCUT2D eigenvalue weighted by atomic mass is 35.5. The van der Waals surface area contributed by atoms with Gasteiger partial charge in [0.25, 0.3) is 0 Å². The first-order valence-electron chi connectivity index (χ1n) is 14.4. The maximum atomic E-state index is 13.6. The molecule has 1 aliphatic heterocycles. The highest BCUT2D eigenvalue weighted by Crippen LogP contribution is 2.38. The Labute approximate surface area is 269 Å². The van der Waals surface area contributed by atoms with Crippen molar-refractivity contribution in [1.29, 1.82) is 0 Å². The van der Waals surface area contributed by atoms with E-state index >= 15 is 0 Å². The maximum Gasteiger partial charge on any atom is 0.387 e. The van der Waals surface area contributed by atoms with Crippen LogP contribution in [-0.4, -0.2) is 62.9 Å². The summed E-state index contributed by atoms with van der Waals surface area (Å²) in [6.45, 7) is -1.22. The number of hydrogen-bond acceptors (Lipinski definition) is 9. The lowest BCUT2D eigenvalue weighted by Crippen LogP contribution is -2.43. The minimum Gasteiger partial charge on any atom is -0.496 e. The largest absolute Gasteiger partial charge is 0.496 e. The van der Waals surface area contributed by atoms with Gasteiger partial charge in [0.1, 0.15) is 18.0 Å². The van der Waals surface area contributed by atoms with Crippen LogP contribution in [-0.2, 0) is 27.1 Å². The molecule has 1 unspecified atom stereocenters. The third-order valence-electron chi connectivity index (χ3n) is 7.49. The second-order valence-electron chi connectivity index (χ2n) is 10.8. The number of pyridine rings is 1. The number of carbonyl (C=O) groups excluding carboxylic acids is 2. The smallest absolute Gasteiger partial charge is 0.387 e. The van der Waals surface area contributed by atoms with Crippen LogP contribution in [0.25, 0.3) is 0 Å². The molecule has 1 saturated carbocycles. The Hall–Kier alpha value is -3.51. The van der Waals surface area contributed by atoms with E-state index in [4.69, 9.17) is 42.1 Å². The number of halogens is 4. The summed E-state index contributed by atoms with van der Waals surface area (Å²) in [4.78, 5) is 30.6. The average Bonchev–Trinajstić information content (AvgIpc) is 3.86. The quantitative estimate of drug-likeness (QED) is 0.207. The zero-order valence-corrected chi connectivity index (χ0v) is 25.9. The van der Waals surface area contributed by atoms with Crippen molar-refractivity contribution in [3.05, 3.63) is 81.1 Å². The lowest BCUT2D eigenvalue weighted by atomic mass is 10.00. The van der Waals surface area contributed by atoms with Gasteiger partial charge in [-0.25, -0.2) is 4.79 Å². The molecular formula is C32H32Cl2F2N2O7. The molecule has 0 amide bonds. The van der Waals surface area contributed by atoms with Crippen LogP contribution in [0.4, 0.5) is 8.78 Å². The van der Waals surface area contributed by atoms with Gasteiger partial charge >= 0.3 is 12.6 Å². The molecule has 1 aliphatic carbocycles. The number of morpholine rings is 1. The first-order chi connectivity index (χ1) is 21.7. The molecule has 2 fully saturated rings. The van der Waals surface area contributed by atoms with Crippen LogP contribution in [0.2, 0.25) is 10.0 Å². The van der Waals surface area contributed by atoms with E-state index in [1.165, 1.54) is 43.8 Å². The number of carbonyl (C=O) groups is 2. The van der Waals surface area contributed by atoms with Crippen molar-refractivity contribution >= 4 is 35.0 Å². The topological polar surface area (TPSA) is 105 Å². The van der Waals surface area contributed by atoms with Crippen LogP contribution in [0.3, 0.4) is 0 Å². The molecule has 3 aromatic rings. The molecule has 240 valence electrons. The molecule has 45 heavy (non-hydrogen) atoms. The zero-order valence-electron chi connectivity index (χ0n) is 24.4. The van der Waals surface area contributed by atoms with E-state index in [9.17, 15) is 18.4 Å². The summed E-state index contributed by atoms with van der Waals surface area (Å²) in [5.74, 6) is -0.133. The van der Waals surface area contributed by atoms with Crippen molar-refractivity contribution < 1.29 is 42.1 Å². The third kappa shape index (κ3) is 8.82. The highest BCUT2D eigenvalue weighted by molar-refractivity contribution is 6.35. The van der Waals surface area contributed by atoms with E-state index in [2.05, 4.69) is 15.0 Å². The lowest BCUT2D eigenvalue weighted by molar-refractivity contribution is -0.131. The Morgan fingerprint density at radius 3 is 2.49 bits per heavy atom. The SMILES string of the molecule is COc1ccc(C(=O)O[C@@H](Cc2c(Cl)cncc2Cl)c2ccc(OC(F)F)c(OCC3CC3)c2)cc1CC(=O)C1CNCCO1. The summed E-state index contributed by atoms with van der Waals surface area (Å²) in [6.07, 6.45) is 3.26. The molecule has 2 aliphatic rings. The highest BCUT2D eigenvalue weighted by Gasteiger charge is 2.27. The predicted molar refractivity (Wildman–Crippen MR) is 162 cm³/mol. The number of alkyl halides is 2. The van der Waals surface area contributed by atoms with Crippen LogP contribution in [0, 0.1) is 5.92 Å². The first-order valence-corrected chi connectivity index (χ1v) is 15.2. The molecule has 1 saturated heterocycles. The Morgan fingerprint density at radius 2 is 1.82 bits per heavy atom. The van der Waals surface area contributed by atoms with Crippen molar-refractivity contribution in [3.8, 4) is 17.2 Å². The Balaban J connectivity index is 1.44. The van der Waals surface area contributed by atoms with Gasteiger partial charge in [0.2, 0.25) is 0 Å².